The Hall–Kier alpha value is 0.270. The van der Waals surface area contributed by atoms with Gasteiger partial charge in [-0.1, -0.05) is 20.8 Å². The van der Waals surface area contributed by atoms with Crippen LogP contribution in [0.4, 0.5) is 0 Å². The predicted molar refractivity (Wildman–Crippen MR) is 70.7 cm³/mol. The van der Waals surface area contributed by atoms with Crippen molar-refractivity contribution in [2.45, 2.75) is 39.8 Å². The second-order valence-corrected chi connectivity index (χ2v) is 6.13. The third-order valence-electron chi connectivity index (χ3n) is 3.23. The molecule has 2 nitrogen and oxygen atoms in total. The van der Waals surface area contributed by atoms with Gasteiger partial charge in [-0.15, -0.1) is 0 Å². The second kappa shape index (κ2) is 6.77. The van der Waals surface area contributed by atoms with E-state index in [4.69, 9.17) is 0 Å². The van der Waals surface area contributed by atoms with E-state index >= 15 is 0 Å². The fourth-order valence-electron chi connectivity index (χ4n) is 2.04. The Balaban J connectivity index is 2.34. The molecule has 1 aliphatic heterocycles. The molecule has 0 bridgehead atoms. The van der Waals surface area contributed by atoms with Gasteiger partial charge in [-0.2, -0.15) is 11.8 Å². The Bertz CT molecular complexity index is 173. The molecule has 90 valence electrons. The van der Waals surface area contributed by atoms with Crippen molar-refractivity contribution in [1.29, 1.82) is 0 Å². The fraction of sp³-hybridized carbons (Fsp3) is 1.00. The quantitative estimate of drug-likeness (QED) is 0.778. The van der Waals surface area contributed by atoms with E-state index in [2.05, 4.69) is 49.7 Å². The third kappa shape index (κ3) is 4.33. The van der Waals surface area contributed by atoms with Gasteiger partial charge in [-0.3, -0.25) is 4.90 Å². The zero-order valence-electron chi connectivity index (χ0n) is 10.6. The van der Waals surface area contributed by atoms with Gasteiger partial charge >= 0.3 is 0 Å². The van der Waals surface area contributed by atoms with E-state index in [0.717, 1.165) is 18.5 Å². The van der Waals surface area contributed by atoms with Gasteiger partial charge in [-0.05, 0) is 18.6 Å². The molecule has 1 fully saturated rings. The van der Waals surface area contributed by atoms with E-state index in [1.165, 1.54) is 24.6 Å². The van der Waals surface area contributed by atoms with E-state index in [9.17, 15) is 0 Å². The lowest BCUT2D eigenvalue weighted by molar-refractivity contribution is 0.145. The molecule has 0 radical (unpaired) electrons. The van der Waals surface area contributed by atoms with Gasteiger partial charge in [-0.25, -0.2) is 0 Å². The number of nitrogens with one attached hydrogen (secondary N) is 1. The highest BCUT2D eigenvalue weighted by molar-refractivity contribution is 7.99. The summed E-state index contributed by atoms with van der Waals surface area (Å²) in [6, 6.07) is 1.42. The number of rotatable bonds is 5. The first-order valence-electron chi connectivity index (χ1n) is 6.20. The lowest BCUT2D eigenvalue weighted by Crippen LogP contribution is -2.55. The van der Waals surface area contributed by atoms with Crippen molar-refractivity contribution in [2.75, 3.05) is 31.1 Å². The normalized spacial score (nSPS) is 25.8. The van der Waals surface area contributed by atoms with Gasteiger partial charge in [0.15, 0.2) is 0 Å². The Morgan fingerprint density at radius 2 is 2.13 bits per heavy atom. The van der Waals surface area contributed by atoms with Crippen LogP contribution in [-0.4, -0.2) is 48.1 Å². The molecule has 0 amide bonds. The highest BCUT2D eigenvalue weighted by Crippen LogP contribution is 2.13. The number of piperazine rings is 1. The zero-order valence-corrected chi connectivity index (χ0v) is 11.4. The van der Waals surface area contributed by atoms with Crippen LogP contribution in [0.5, 0.6) is 0 Å². The van der Waals surface area contributed by atoms with Crippen molar-refractivity contribution in [1.82, 2.24) is 10.2 Å². The first-order chi connectivity index (χ1) is 7.15. The summed E-state index contributed by atoms with van der Waals surface area (Å²) in [6.07, 6.45) is 0. The first-order valence-corrected chi connectivity index (χ1v) is 7.35. The number of hydrogen-bond donors (Lipinski definition) is 1. The third-order valence-corrected chi connectivity index (χ3v) is 4.35. The SMILES string of the molecule is CCSCC(C)N1CCNC(C(C)C)C1. The van der Waals surface area contributed by atoms with Gasteiger partial charge in [0, 0.05) is 37.5 Å². The molecule has 1 saturated heterocycles. The number of nitrogens with zero attached hydrogens (tertiary/aromatic N) is 1. The van der Waals surface area contributed by atoms with Crippen molar-refractivity contribution in [3.8, 4) is 0 Å². The average molecular weight is 230 g/mol. The molecular weight excluding hydrogens is 204 g/mol. The molecule has 0 aliphatic carbocycles. The summed E-state index contributed by atoms with van der Waals surface area (Å²) in [5.74, 6) is 3.27. The van der Waals surface area contributed by atoms with Gasteiger partial charge in [0.05, 0.1) is 0 Å². The van der Waals surface area contributed by atoms with Gasteiger partial charge in [0.25, 0.3) is 0 Å². The minimum Gasteiger partial charge on any atom is -0.311 e. The predicted octanol–water partition coefficient (Wildman–Crippen LogP) is 2.06. The number of thioether (sulfide) groups is 1. The minimum atomic E-state index is 0.688. The minimum absolute atomic E-state index is 0.688. The van der Waals surface area contributed by atoms with Crippen LogP contribution in [-0.2, 0) is 0 Å². The summed E-state index contributed by atoms with van der Waals surface area (Å²) in [4.78, 5) is 2.64. The van der Waals surface area contributed by atoms with Crippen LogP contribution in [0.25, 0.3) is 0 Å². The van der Waals surface area contributed by atoms with Crippen LogP contribution >= 0.6 is 11.8 Å². The highest BCUT2D eigenvalue weighted by Gasteiger charge is 2.24. The molecule has 0 aromatic heterocycles. The van der Waals surface area contributed by atoms with E-state index in [1.807, 2.05) is 0 Å². The van der Waals surface area contributed by atoms with E-state index in [-0.39, 0.29) is 0 Å². The Morgan fingerprint density at radius 1 is 1.40 bits per heavy atom. The van der Waals surface area contributed by atoms with E-state index in [0.29, 0.717) is 6.04 Å². The molecule has 0 spiro atoms. The summed E-state index contributed by atoms with van der Waals surface area (Å²) in [6.45, 7) is 12.8. The summed E-state index contributed by atoms with van der Waals surface area (Å²) in [5, 5.41) is 3.61. The maximum Gasteiger partial charge on any atom is 0.0218 e. The highest BCUT2D eigenvalue weighted by atomic mass is 32.2. The second-order valence-electron chi connectivity index (χ2n) is 4.81. The number of hydrogen-bond acceptors (Lipinski definition) is 3. The van der Waals surface area contributed by atoms with Crippen molar-refractivity contribution in [3.05, 3.63) is 0 Å². The summed E-state index contributed by atoms with van der Waals surface area (Å²) in [5.41, 5.74) is 0. The zero-order chi connectivity index (χ0) is 11.3. The molecule has 0 aromatic rings. The maximum absolute atomic E-state index is 3.61. The molecular formula is C12H26N2S. The van der Waals surface area contributed by atoms with Crippen LogP contribution in [0.2, 0.25) is 0 Å². The Morgan fingerprint density at radius 3 is 2.73 bits per heavy atom. The Labute approximate surface area is 99.2 Å². The van der Waals surface area contributed by atoms with Crippen molar-refractivity contribution in [3.63, 3.8) is 0 Å². The smallest absolute Gasteiger partial charge is 0.0218 e. The monoisotopic (exact) mass is 230 g/mol. The van der Waals surface area contributed by atoms with Gasteiger partial charge < -0.3 is 5.32 Å². The van der Waals surface area contributed by atoms with Gasteiger partial charge in [0.1, 0.15) is 0 Å². The summed E-state index contributed by atoms with van der Waals surface area (Å²) >= 11 is 2.06. The standard InChI is InChI=1S/C12H26N2S/c1-5-15-9-11(4)14-7-6-13-12(8-14)10(2)3/h10-13H,5-9H2,1-4H3. The van der Waals surface area contributed by atoms with Crippen molar-refractivity contribution in [2.24, 2.45) is 5.92 Å². The van der Waals surface area contributed by atoms with Crippen molar-refractivity contribution < 1.29 is 0 Å². The molecule has 2 unspecified atom stereocenters. The molecule has 15 heavy (non-hydrogen) atoms. The molecule has 1 heterocycles. The topological polar surface area (TPSA) is 15.3 Å². The molecule has 3 heteroatoms. The lowest BCUT2D eigenvalue weighted by Gasteiger charge is -2.39. The maximum atomic E-state index is 3.61. The van der Waals surface area contributed by atoms with Crippen molar-refractivity contribution >= 4 is 11.8 Å². The van der Waals surface area contributed by atoms with Crippen LogP contribution in [0, 0.1) is 5.92 Å². The molecule has 1 N–H and O–H groups in total. The largest absolute Gasteiger partial charge is 0.311 e. The lowest BCUT2D eigenvalue weighted by atomic mass is 10.0. The molecule has 2 atom stereocenters. The fourth-order valence-corrected chi connectivity index (χ4v) is 2.83. The van der Waals surface area contributed by atoms with Gasteiger partial charge in [0.2, 0.25) is 0 Å². The Kier molecular flexibility index (Phi) is 6.02. The van der Waals surface area contributed by atoms with Crippen LogP contribution in [0.15, 0.2) is 0 Å². The van der Waals surface area contributed by atoms with Crippen LogP contribution in [0.1, 0.15) is 27.7 Å². The summed E-state index contributed by atoms with van der Waals surface area (Å²) in [7, 11) is 0. The van der Waals surface area contributed by atoms with E-state index < -0.39 is 0 Å². The average Bonchev–Trinajstić information content (AvgIpc) is 2.26. The first kappa shape index (κ1) is 13.3. The van der Waals surface area contributed by atoms with Crippen LogP contribution in [0.3, 0.4) is 0 Å². The summed E-state index contributed by atoms with van der Waals surface area (Å²) < 4.78 is 0. The van der Waals surface area contributed by atoms with Crippen LogP contribution < -0.4 is 5.32 Å². The molecule has 1 rings (SSSR count). The van der Waals surface area contributed by atoms with E-state index in [1.54, 1.807) is 0 Å². The molecule has 0 saturated carbocycles. The molecule has 0 aromatic carbocycles. The molecule has 1 aliphatic rings.